The average Bonchev–Trinajstić information content (AvgIpc) is 2.26. The molecule has 0 heterocycles. The SMILES string of the molecule is C=C[C@](C)(O)CC[C@@H]1C(=C)[C@@H](O)C[C@H](O)C1(C)C. The zero-order valence-corrected chi connectivity index (χ0v) is 11.7. The van der Waals surface area contributed by atoms with Gasteiger partial charge in [0.05, 0.1) is 17.8 Å². The first-order valence-electron chi connectivity index (χ1n) is 6.52. The summed E-state index contributed by atoms with van der Waals surface area (Å²) in [5, 5.41) is 30.0. The van der Waals surface area contributed by atoms with Crippen LogP contribution in [0.15, 0.2) is 24.8 Å². The summed E-state index contributed by atoms with van der Waals surface area (Å²) >= 11 is 0. The average molecular weight is 254 g/mol. The molecule has 0 saturated heterocycles. The Morgan fingerprint density at radius 3 is 2.50 bits per heavy atom. The molecule has 0 unspecified atom stereocenters. The first-order chi connectivity index (χ1) is 8.12. The highest BCUT2D eigenvalue weighted by Crippen LogP contribution is 2.46. The molecule has 104 valence electrons. The lowest BCUT2D eigenvalue weighted by Gasteiger charge is -2.46. The molecule has 3 heteroatoms. The van der Waals surface area contributed by atoms with E-state index in [1.807, 2.05) is 13.8 Å². The third kappa shape index (κ3) is 3.02. The molecule has 1 rings (SSSR count). The van der Waals surface area contributed by atoms with Crippen LogP contribution in [-0.4, -0.2) is 33.1 Å². The monoisotopic (exact) mass is 254 g/mol. The largest absolute Gasteiger partial charge is 0.392 e. The van der Waals surface area contributed by atoms with Gasteiger partial charge >= 0.3 is 0 Å². The Balaban J connectivity index is 2.82. The minimum atomic E-state index is -0.913. The second kappa shape index (κ2) is 5.16. The Bertz CT molecular complexity index is 331. The van der Waals surface area contributed by atoms with Crippen LogP contribution in [0, 0.1) is 11.3 Å². The van der Waals surface area contributed by atoms with Crippen molar-refractivity contribution in [1.82, 2.24) is 0 Å². The van der Waals surface area contributed by atoms with E-state index in [1.54, 1.807) is 6.92 Å². The molecule has 0 aromatic heterocycles. The molecule has 1 aliphatic carbocycles. The molecule has 0 bridgehead atoms. The number of rotatable bonds is 4. The molecule has 4 atom stereocenters. The molecule has 0 aromatic carbocycles. The third-order valence-electron chi connectivity index (χ3n) is 4.46. The van der Waals surface area contributed by atoms with E-state index in [4.69, 9.17) is 0 Å². The van der Waals surface area contributed by atoms with Crippen molar-refractivity contribution in [1.29, 1.82) is 0 Å². The summed E-state index contributed by atoms with van der Waals surface area (Å²) in [7, 11) is 0. The van der Waals surface area contributed by atoms with E-state index in [0.717, 1.165) is 5.57 Å². The van der Waals surface area contributed by atoms with Crippen LogP contribution in [0.2, 0.25) is 0 Å². The summed E-state index contributed by atoms with van der Waals surface area (Å²) in [6.07, 6.45) is 1.91. The fourth-order valence-electron chi connectivity index (χ4n) is 2.70. The Labute approximate surface area is 110 Å². The molecule has 0 aliphatic heterocycles. The van der Waals surface area contributed by atoms with Gasteiger partial charge in [0.2, 0.25) is 0 Å². The van der Waals surface area contributed by atoms with E-state index in [9.17, 15) is 15.3 Å². The van der Waals surface area contributed by atoms with Crippen molar-refractivity contribution < 1.29 is 15.3 Å². The highest BCUT2D eigenvalue weighted by molar-refractivity contribution is 5.17. The predicted octanol–water partition coefficient (Wildman–Crippen LogP) is 2.03. The van der Waals surface area contributed by atoms with Crippen molar-refractivity contribution in [3.63, 3.8) is 0 Å². The highest BCUT2D eigenvalue weighted by Gasteiger charge is 2.44. The van der Waals surface area contributed by atoms with Gasteiger partial charge in [0.25, 0.3) is 0 Å². The van der Waals surface area contributed by atoms with Gasteiger partial charge in [0.15, 0.2) is 0 Å². The first kappa shape index (κ1) is 15.4. The molecule has 1 aliphatic rings. The van der Waals surface area contributed by atoms with Gasteiger partial charge in [-0.1, -0.05) is 26.5 Å². The van der Waals surface area contributed by atoms with E-state index in [-0.39, 0.29) is 11.3 Å². The maximum Gasteiger partial charge on any atom is 0.0797 e. The molecule has 0 radical (unpaired) electrons. The zero-order chi connectivity index (χ0) is 14.1. The van der Waals surface area contributed by atoms with Crippen LogP contribution in [0.4, 0.5) is 0 Å². The molecule has 3 nitrogen and oxygen atoms in total. The van der Waals surface area contributed by atoms with Crippen molar-refractivity contribution >= 4 is 0 Å². The Kier molecular flexibility index (Phi) is 4.42. The van der Waals surface area contributed by atoms with Crippen LogP contribution in [0.5, 0.6) is 0 Å². The minimum Gasteiger partial charge on any atom is -0.392 e. The maximum atomic E-state index is 10.1. The highest BCUT2D eigenvalue weighted by atomic mass is 16.3. The van der Waals surface area contributed by atoms with E-state index < -0.39 is 17.8 Å². The molecular weight excluding hydrogens is 228 g/mol. The maximum absolute atomic E-state index is 10.1. The molecule has 0 spiro atoms. The molecule has 0 aromatic rings. The van der Waals surface area contributed by atoms with Gasteiger partial charge in [-0.2, -0.15) is 0 Å². The van der Waals surface area contributed by atoms with Gasteiger partial charge in [-0.25, -0.2) is 0 Å². The van der Waals surface area contributed by atoms with Gasteiger partial charge in [-0.05, 0) is 36.7 Å². The number of hydrogen-bond donors (Lipinski definition) is 3. The molecule has 3 N–H and O–H groups in total. The summed E-state index contributed by atoms with van der Waals surface area (Å²) in [5.74, 6) is 0.00248. The third-order valence-corrected chi connectivity index (χ3v) is 4.46. The van der Waals surface area contributed by atoms with Crippen molar-refractivity contribution in [2.24, 2.45) is 11.3 Å². The normalized spacial score (nSPS) is 35.0. The van der Waals surface area contributed by atoms with Crippen molar-refractivity contribution in [2.75, 3.05) is 0 Å². The van der Waals surface area contributed by atoms with Crippen LogP contribution in [0.25, 0.3) is 0 Å². The van der Waals surface area contributed by atoms with Crippen LogP contribution >= 0.6 is 0 Å². The van der Waals surface area contributed by atoms with Crippen LogP contribution in [-0.2, 0) is 0 Å². The van der Waals surface area contributed by atoms with Crippen molar-refractivity contribution in [2.45, 2.75) is 57.8 Å². The fourth-order valence-corrected chi connectivity index (χ4v) is 2.70. The van der Waals surface area contributed by atoms with Crippen LogP contribution in [0.1, 0.15) is 40.0 Å². The summed E-state index contributed by atoms with van der Waals surface area (Å²) in [4.78, 5) is 0. The van der Waals surface area contributed by atoms with Crippen LogP contribution in [0.3, 0.4) is 0 Å². The van der Waals surface area contributed by atoms with Crippen molar-refractivity contribution in [3.05, 3.63) is 24.8 Å². The van der Waals surface area contributed by atoms with Gasteiger partial charge in [-0.15, -0.1) is 6.58 Å². The molecule has 1 fully saturated rings. The number of hydrogen-bond acceptors (Lipinski definition) is 3. The Hall–Kier alpha value is -0.640. The standard InChI is InChI=1S/C15H26O3/c1-6-15(5,18)8-7-11-10(2)12(16)9-13(17)14(11,3)4/h6,11-13,16-18H,1-2,7-9H2,3-5H3/t11-,12+,13+,15+/m1/s1. The first-order valence-corrected chi connectivity index (χ1v) is 6.52. The van der Waals surface area contributed by atoms with E-state index in [0.29, 0.717) is 19.3 Å². The molecule has 0 amide bonds. The topological polar surface area (TPSA) is 60.7 Å². The van der Waals surface area contributed by atoms with Crippen LogP contribution < -0.4 is 0 Å². The number of aliphatic hydroxyl groups excluding tert-OH is 2. The zero-order valence-electron chi connectivity index (χ0n) is 11.7. The predicted molar refractivity (Wildman–Crippen MR) is 73.1 cm³/mol. The summed E-state index contributed by atoms with van der Waals surface area (Å²) in [6.45, 7) is 13.3. The molecule has 18 heavy (non-hydrogen) atoms. The molecule has 1 saturated carbocycles. The van der Waals surface area contributed by atoms with Gasteiger partial charge in [0, 0.05) is 6.42 Å². The second-order valence-electron chi connectivity index (χ2n) is 6.32. The fraction of sp³-hybridized carbons (Fsp3) is 0.733. The van der Waals surface area contributed by atoms with E-state index in [2.05, 4.69) is 13.2 Å². The Morgan fingerprint density at radius 1 is 1.44 bits per heavy atom. The Morgan fingerprint density at radius 2 is 2.00 bits per heavy atom. The summed E-state index contributed by atoms with van der Waals surface area (Å²) in [5.41, 5.74) is -0.470. The van der Waals surface area contributed by atoms with Crippen molar-refractivity contribution in [3.8, 4) is 0 Å². The van der Waals surface area contributed by atoms with Gasteiger partial charge < -0.3 is 15.3 Å². The summed E-state index contributed by atoms with van der Waals surface area (Å²) < 4.78 is 0. The molecular formula is C15H26O3. The van der Waals surface area contributed by atoms with Gasteiger partial charge in [-0.3, -0.25) is 0 Å². The summed E-state index contributed by atoms with van der Waals surface area (Å²) in [6, 6.07) is 0. The lowest BCUT2D eigenvalue weighted by atomic mass is 9.62. The van der Waals surface area contributed by atoms with Gasteiger partial charge in [0.1, 0.15) is 0 Å². The van der Waals surface area contributed by atoms with E-state index in [1.165, 1.54) is 6.08 Å². The smallest absolute Gasteiger partial charge is 0.0797 e. The second-order valence-corrected chi connectivity index (χ2v) is 6.32. The van der Waals surface area contributed by atoms with E-state index >= 15 is 0 Å². The minimum absolute atomic E-state index is 0.00248. The lowest BCUT2D eigenvalue weighted by molar-refractivity contribution is -0.0514. The quantitative estimate of drug-likeness (QED) is 0.673. The lowest BCUT2D eigenvalue weighted by Crippen LogP contribution is -2.47. The number of aliphatic hydroxyl groups is 3.